The molecule has 0 rings (SSSR count). The maximum Gasteiger partial charge on any atom is 0.282 e. The quantitative estimate of drug-likeness (QED) is 0.307. The fourth-order valence-corrected chi connectivity index (χ4v) is 1.84. The summed E-state index contributed by atoms with van der Waals surface area (Å²) in [5, 5.41) is 0. The molecule has 0 aromatic carbocycles. The molecule has 0 saturated carbocycles. The highest BCUT2D eigenvalue weighted by Gasteiger charge is 2.31. The number of hydrogen-bond donors (Lipinski definition) is 0. The average Bonchev–Trinajstić information content (AvgIpc) is 2.30. The Labute approximate surface area is 109 Å². The first-order chi connectivity index (χ1) is 8.24. The van der Waals surface area contributed by atoms with Crippen molar-refractivity contribution >= 4 is 10.5 Å². The van der Waals surface area contributed by atoms with Crippen molar-refractivity contribution in [2.24, 2.45) is 0 Å². The van der Waals surface area contributed by atoms with Crippen LogP contribution in [0.5, 0.6) is 0 Å². The van der Waals surface area contributed by atoms with E-state index in [1.165, 1.54) is 0 Å². The largest absolute Gasteiger partial charge is 0.419 e. The van der Waals surface area contributed by atoms with Crippen LogP contribution in [0.4, 0.5) is 0 Å². The lowest BCUT2D eigenvalue weighted by atomic mass is 10.2. The molecule has 17 heavy (non-hydrogen) atoms. The fourth-order valence-electron chi connectivity index (χ4n) is 1.69. The molecule has 0 spiro atoms. The van der Waals surface area contributed by atoms with Crippen molar-refractivity contribution in [3.8, 4) is 0 Å². The summed E-state index contributed by atoms with van der Waals surface area (Å²) in [4.78, 5) is 0. The molecule has 0 aromatic rings. The molecule has 0 heterocycles. The minimum atomic E-state index is -0.854. The van der Waals surface area contributed by atoms with Crippen molar-refractivity contribution in [1.82, 2.24) is 0 Å². The minimum absolute atomic E-state index is 0.588. The van der Waals surface area contributed by atoms with E-state index in [9.17, 15) is 0 Å². The number of unbranched alkanes of at least 4 members (excludes halogenated alkanes) is 2. The second kappa shape index (κ2) is 11.2. The van der Waals surface area contributed by atoms with E-state index < -0.39 is 5.97 Å². The molecule has 0 unspecified atom stereocenters. The third kappa shape index (κ3) is 7.89. The van der Waals surface area contributed by atoms with Crippen molar-refractivity contribution in [3.05, 3.63) is 0 Å². The van der Waals surface area contributed by atoms with Crippen LogP contribution < -0.4 is 0 Å². The summed E-state index contributed by atoms with van der Waals surface area (Å²) < 4.78 is 21.7. The molecule has 3 radical (unpaired) electrons. The summed E-state index contributed by atoms with van der Waals surface area (Å²) in [5.41, 5.74) is 0. The first-order valence-electron chi connectivity index (χ1n) is 6.45. The van der Waals surface area contributed by atoms with Gasteiger partial charge in [0, 0.05) is 32.8 Å². The SMILES string of the molecule is CCOC(CCCCCO[Si])(OCC)OCC. The predicted molar refractivity (Wildman–Crippen MR) is 67.8 cm³/mol. The Balaban J connectivity index is 4.05. The predicted octanol–water partition coefficient (Wildman–Crippen LogP) is 2.41. The van der Waals surface area contributed by atoms with Gasteiger partial charge in [-0.05, 0) is 33.6 Å². The zero-order valence-electron chi connectivity index (χ0n) is 11.3. The fraction of sp³-hybridized carbons (Fsp3) is 1.00. The van der Waals surface area contributed by atoms with Crippen molar-refractivity contribution in [1.29, 1.82) is 0 Å². The Morgan fingerprint density at radius 1 is 0.824 bits per heavy atom. The van der Waals surface area contributed by atoms with Gasteiger partial charge in [-0.25, -0.2) is 0 Å². The summed E-state index contributed by atoms with van der Waals surface area (Å²) >= 11 is 0. The molecule has 4 nitrogen and oxygen atoms in total. The van der Waals surface area contributed by atoms with Crippen LogP contribution in [-0.2, 0) is 18.6 Å². The smallest absolute Gasteiger partial charge is 0.282 e. The molecule has 0 aromatic heterocycles. The Hall–Kier alpha value is 0.0569. The number of ether oxygens (including phenoxy) is 3. The van der Waals surface area contributed by atoms with Crippen LogP contribution in [-0.4, -0.2) is 42.9 Å². The molecule has 0 aliphatic rings. The van der Waals surface area contributed by atoms with Crippen LogP contribution in [0.15, 0.2) is 0 Å². The van der Waals surface area contributed by atoms with Gasteiger partial charge in [-0.3, -0.25) is 0 Å². The third-order valence-corrected chi connectivity index (χ3v) is 2.53. The molecule has 0 fully saturated rings. The molecule has 0 N–H and O–H groups in total. The molecule has 0 saturated heterocycles. The van der Waals surface area contributed by atoms with Crippen molar-refractivity contribution in [2.75, 3.05) is 26.4 Å². The monoisotopic (exact) mass is 261 g/mol. The summed E-state index contributed by atoms with van der Waals surface area (Å²) in [7, 11) is 2.99. The molecule has 0 amide bonds. The van der Waals surface area contributed by atoms with Crippen LogP contribution in [0, 0.1) is 0 Å². The Kier molecular flexibility index (Phi) is 11.2. The van der Waals surface area contributed by atoms with Crippen LogP contribution in [0.2, 0.25) is 0 Å². The van der Waals surface area contributed by atoms with Gasteiger partial charge in [0.15, 0.2) is 0 Å². The molecular formula is C12H25O4Si. The zero-order chi connectivity index (χ0) is 13.0. The topological polar surface area (TPSA) is 36.9 Å². The number of hydrogen-bond acceptors (Lipinski definition) is 4. The Morgan fingerprint density at radius 2 is 1.35 bits per heavy atom. The normalized spacial score (nSPS) is 12.0. The molecule has 0 bridgehead atoms. The summed E-state index contributed by atoms with van der Waals surface area (Å²) in [6.45, 7) is 8.34. The maximum atomic E-state index is 5.63. The lowest BCUT2D eigenvalue weighted by molar-refractivity contribution is -0.380. The van der Waals surface area contributed by atoms with Gasteiger partial charge in [0.25, 0.3) is 5.97 Å². The molecule has 0 aliphatic carbocycles. The summed E-state index contributed by atoms with van der Waals surface area (Å²) in [6, 6.07) is 0. The first kappa shape index (κ1) is 17.1. The molecular weight excluding hydrogens is 236 g/mol. The van der Waals surface area contributed by atoms with Gasteiger partial charge < -0.3 is 18.6 Å². The molecule has 101 valence electrons. The summed E-state index contributed by atoms with van der Waals surface area (Å²) in [6.07, 6.45) is 3.84. The molecule has 0 atom stereocenters. The van der Waals surface area contributed by atoms with Crippen LogP contribution in [0.25, 0.3) is 0 Å². The highest BCUT2D eigenvalue weighted by atomic mass is 28.2. The van der Waals surface area contributed by atoms with Gasteiger partial charge in [0.2, 0.25) is 10.5 Å². The highest BCUT2D eigenvalue weighted by Crippen LogP contribution is 2.23. The van der Waals surface area contributed by atoms with E-state index in [1.807, 2.05) is 20.8 Å². The second-order valence-electron chi connectivity index (χ2n) is 3.64. The third-order valence-electron chi connectivity index (χ3n) is 2.32. The zero-order valence-corrected chi connectivity index (χ0v) is 12.3. The number of rotatable bonds is 12. The van der Waals surface area contributed by atoms with Gasteiger partial charge in [-0.2, -0.15) is 0 Å². The van der Waals surface area contributed by atoms with E-state index in [1.54, 1.807) is 0 Å². The average molecular weight is 261 g/mol. The lowest BCUT2D eigenvalue weighted by Crippen LogP contribution is -2.39. The maximum absolute atomic E-state index is 5.63. The van der Waals surface area contributed by atoms with E-state index in [-0.39, 0.29) is 0 Å². The van der Waals surface area contributed by atoms with Crippen LogP contribution in [0.3, 0.4) is 0 Å². The van der Waals surface area contributed by atoms with Crippen LogP contribution in [0.1, 0.15) is 46.5 Å². The molecule has 0 aliphatic heterocycles. The van der Waals surface area contributed by atoms with E-state index in [2.05, 4.69) is 10.5 Å². The van der Waals surface area contributed by atoms with Gasteiger partial charge in [-0.1, -0.05) is 6.42 Å². The molecule has 5 heteroatoms. The Morgan fingerprint density at radius 3 is 1.76 bits per heavy atom. The van der Waals surface area contributed by atoms with Gasteiger partial charge >= 0.3 is 0 Å². The van der Waals surface area contributed by atoms with Crippen molar-refractivity contribution < 1.29 is 18.6 Å². The lowest BCUT2D eigenvalue weighted by Gasteiger charge is -2.32. The minimum Gasteiger partial charge on any atom is -0.419 e. The van der Waals surface area contributed by atoms with E-state index in [4.69, 9.17) is 18.6 Å². The Bertz CT molecular complexity index is 150. The van der Waals surface area contributed by atoms with Crippen molar-refractivity contribution in [2.45, 2.75) is 52.4 Å². The van der Waals surface area contributed by atoms with E-state index in [0.717, 1.165) is 32.3 Å². The van der Waals surface area contributed by atoms with E-state index >= 15 is 0 Å². The van der Waals surface area contributed by atoms with E-state index in [0.29, 0.717) is 19.8 Å². The summed E-state index contributed by atoms with van der Waals surface area (Å²) in [5.74, 6) is -0.854. The van der Waals surface area contributed by atoms with Gasteiger partial charge in [0.05, 0.1) is 0 Å². The highest BCUT2D eigenvalue weighted by molar-refractivity contribution is 5.97. The first-order valence-corrected chi connectivity index (χ1v) is 6.85. The van der Waals surface area contributed by atoms with Crippen LogP contribution >= 0.6 is 0 Å². The standard InChI is InChI=1S/C12H25O4Si/c1-4-13-12(14-5-2,15-6-3)10-8-7-9-11-16-17/h4-11H2,1-3H3. The van der Waals surface area contributed by atoms with Gasteiger partial charge in [0.1, 0.15) is 0 Å². The second-order valence-corrected chi connectivity index (χ2v) is 3.93. The van der Waals surface area contributed by atoms with Crippen molar-refractivity contribution in [3.63, 3.8) is 0 Å². The van der Waals surface area contributed by atoms with Gasteiger partial charge in [-0.15, -0.1) is 0 Å².